The third-order valence-electron chi connectivity index (χ3n) is 3.90. The number of para-hydroxylation sites is 1. The van der Waals surface area contributed by atoms with Crippen molar-refractivity contribution in [2.75, 3.05) is 18.4 Å². The molecule has 2 rings (SSSR count). The Morgan fingerprint density at radius 2 is 2.00 bits per heavy atom. The summed E-state index contributed by atoms with van der Waals surface area (Å²) in [5.74, 6) is 0.157. The normalized spacial score (nSPS) is 18.3. The number of aryl methyl sites for hydroxylation is 1. The van der Waals surface area contributed by atoms with Crippen LogP contribution in [0.5, 0.6) is 0 Å². The van der Waals surface area contributed by atoms with Crippen molar-refractivity contribution in [1.29, 1.82) is 0 Å². The van der Waals surface area contributed by atoms with Crippen LogP contribution < -0.4 is 10.6 Å². The van der Waals surface area contributed by atoms with E-state index in [1.54, 1.807) is 0 Å². The summed E-state index contributed by atoms with van der Waals surface area (Å²) in [7, 11) is 0. The number of benzene rings is 1. The van der Waals surface area contributed by atoms with Crippen molar-refractivity contribution in [2.45, 2.75) is 33.1 Å². The Bertz CT molecular complexity index is 422. The van der Waals surface area contributed by atoms with E-state index in [0.717, 1.165) is 38.0 Å². The molecule has 0 radical (unpaired) electrons. The van der Waals surface area contributed by atoms with Gasteiger partial charge in [0.05, 0.1) is 0 Å². The molecule has 98 valence electrons. The summed E-state index contributed by atoms with van der Waals surface area (Å²) in [6.45, 7) is 6.04. The van der Waals surface area contributed by atoms with Gasteiger partial charge in [0.15, 0.2) is 0 Å². The molecule has 0 unspecified atom stereocenters. The van der Waals surface area contributed by atoms with Crippen LogP contribution in [0.15, 0.2) is 24.3 Å². The summed E-state index contributed by atoms with van der Waals surface area (Å²) in [6.07, 6.45) is 2.76. The molecule has 0 spiro atoms. The molecule has 0 aliphatic carbocycles. The Morgan fingerprint density at radius 3 is 2.67 bits per heavy atom. The minimum absolute atomic E-state index is 0.157. The molecule has 18 heavy (non-hydrogen) atoms. The minimum atomic E-state index is -0.230. The van der Waals surface area contributed by atoms with Gasteiger partial charge < -0.3 is 10.6 Å². The number of nitrogens with one attached hydrogen (secondary N) is 2. The van der Waals surface area contributed by atoms with Crippen molar-refractivity contribution in [1.82, 2.24) is 5.32 Å². The monoisotopic (exact) mass is 246 g/mol. The average Bonchev–Trinajstić information content (AvgIpc) is 2.40. The number of amides is 1. The van der Waals surface area contributed by atoms with E-state index in [9.17, 15) is 4.79 Å². The van der Waals surface area contributed by atoms with E-state index in [0.29, 0.717) is 0 Å². The second-order valence-corrected chi connectivity index (χ2v) is 5.28. The summed E-state index contributed by atoms with van der Waals surface area (Å²) in [5.41, 5.74) is 1.93. The first kappa shape index (κ1) is 13.1. The molecular weight excluding hydrogens is 224 g/mol. The maximum Gasteiger partial charge on any atom is 0.230 e. The minimum Gasteiger partial charge on any atom is -0.325 e. The molecule has 1 aliphatic heterocycles. The van der Waals surface area contributed by atoms with Crippen LogP contribution >= 0.6 is 0 Å². The van der Waals surface area contributed by atoms with Gasteiger partial charge in [0.1, 0.15) is 0 Å². The number of anilines is 1. The van der Waals surface area contributed by atoms with Crippen LogP contribution in [0.2, 0.25) is 0 Å². The van der Waals surface area contributed by atoms with Gasteiger partial charge in [0.25, 0.3) is 0 Å². The van der Waals surface area contributed by atoms with Crippen molar-refractivity contribution in [3.05, 3.63) is 29.8 Å². The first-order valence-electron chi connectivity index (χ1n) is 6.76. The van der Waals surface area contributed by atoms with E-state index in [4.69, 9.17) is 0 Å². The van der Waals surface area contributed by atoms with Crippen LogP contribution in [0, 0.1) is 5.41 Å². The highest BCUT2D eigenvalue weighted by Gasteiger charge is 2.34. The molecule has 1 saturated heterocycles. The molecule has 1 aromatic carbocycles. The summed E-state index contributed by atoms with van der Waals surface area (Å²) in [6, 6.07) is 8.04. The zero-order chi connectivity index (χ0) is 13.0. The van der Waals surface area contributed by atoms with Gasteiger partial charge in [-0.25, -0.2) is 0 Å². The van der Waals surface area contributed by atoms with Crippen molar-refractivity contribution in [3.8, 4) is 0 Å². The maximum absolute atomic E-state index is 12.4. The summed E-state index contributed by atoms with van der Waals surface area (Å²) in [5, 5.41) is 6.41. The van der Waals surface area contributed by atoms with Crippen molar-refractivity contribution >= 4 is 11.6 Å². The lowest BCUT2D eigenvalue weighted by atomic mass is 9.80. The Labute approximate surface area is 109 Å². The number of piperidine rings is 1. The van der Waals surface area contributed by atoms with Crippen LogP contribution in [0.1, 0.15) is 32.3 Å². The molecule has 0 bridgehead atoms. The summed E-state index contributed by atoms with van der Waals surface area (Å²) < 4.78 is 0. The third-order valence-corrected chi connectivity index (χ3v) is 3.90. The fourth-order valence-electron chi connectivity index (χ4n) is 2.43. The highest BCUT2D eigenvalue weighted by atomic mass is 16.2. The number of rotatable bonds is 3. The number of hydrogen-bond donors (Lipinski definition) is 2. The number of carbonyl (C=O) groups is 1. The lowest BCUT2D eigenvalue weighted by Gasteiger charge is -2.32. The summed E-state index contributed by atoms with van der Waals surface area (Å²) in [4.78, 5) is 12.4. The molecule has 3 heteroatoms. The predicted octanol–water partition coefficient (Wildman–Crippen LogP) is 2.58. The van der Waals surface area contributed by atoms with Gasteiger partial charge in [-0.05, 0) is 44.0 Å². The predicted molar refractivity (Wildman–Crippen MR) is 74.7 cm³/mol. The zero-order valence-electron chi connectivity index (χ0n) is 11.3. The van der Waals surface area contributed by atoms with Crippen LogP contribution in [0.25, 0.3) is 0 Å². The molecular formula is C15H22N2O. The lowest BCUT2D eigenvalue weighted by Crippen LogP contribution is -2.42. The van der Waals surface area contributed by atoms with Crippen molar-refractivity contribution in [2.24, 2.45) is 5.41 Å². The second-order valence-electron chi connectivity index (χ2n) is 5.28. The highest BCUT2D eigenvalue weighted by Crippen LogP contribution is 2.30. The van der Waals surface area contributed by atoms with Gasteiger partial charge >= 0.3 is 0 Å². The van der Waals surface area contributed by atoms with E-state index in [1.807, 2.05) is 18.2 Å². The lowest BCUT2D eigenvalue weighted by molar-refractivity contribution is -0.126. The van der Waals surface area contributed by atoms with E-state index in [1.165, 1.54) is 5.56 Å². The first-order chi connectivity index (χ1) is 8.65. The molecule has 0 atom stereocenters. The fourth-order valence-corrected chi connectivity index (χ4v) is 2.43. The van der Waals surface area contributed by atoms with Crippen molar-refractivity contribution in [3.63, 3.8) is 0 Å². The molecule has 0 saturated carbocycles. The van der Waals surface area contributed by atoms with Gasteiger partial charge in [-0.2, -0.15) is 0 Å². The smallest absolute Gasteiger partial charge is 0.230 e. The Morgan fingerprint density at radius 1 is 1.33 bits per heavy atom. The number of carbonyl (C=O) groups excluding carboxylic acids is 1. The standard InChI is InChI=1S/C15H22N2O/c1-3-12-6-4-5-7-13(12)17-14(18)15(2)8-10-16-11-9-15/h4-7,16H,3,8-11H2,1-2H3,(H,17,18). The van der Waals surface area contributed by atoms with Gasteiger partial charge in [0, 0.05) is 11.1 Å². The van der Waals surface area contributed by atoms with Crippen LogP contribution in [0.3, 0.4) is 0 Å². The molecule has 1 aliphatic rings. The highest BCUT2D eigenvalue weighted by molar-refractivity contribution is 5.95. The van der Waals surface area contributed by atoms with Gasteiger partial charge in [0.2, 0.25) is 5.91 Å². The van der Waals surface area contributed by atoms with Gasteiger partial charge in [-0.1, -0.05) is 32.0 Å². The van der Waals surface area contributed by atoms with Gasteiger partial charge in [-0.15, -0.1) is 0 Å². The molecule has 1 aromatic rings. The van der Waals surface area contributed by atoms with E-state index in [2.05, 4.69) is 30.5 Å². The van der Waals surface area contributed by atoms with E-state index < -0.39 is 0 Å². The van der Waals surface area contributed by atoms with Crippen LogP contribution in [0.4, 0.5) is 5.69 Å². The molecule has 0 aromatic heterocycles. The maximum atomic E-state index is 12.4. The SMILES string of the molecule is CCc1ccccc1NC(=O)C1(C)CCNCC1. The Balaban J connectivity index is 2.10. The Hall–Kier alpha value is -1.35. The molecule has 2 N–H and O–H groups in total. The van der Waals surface area contributed by atoms with Gasteiger partial charge in [-0.3, -0.25) is 4.79 Å². The average molecular weight is 246 g/mol. The Kier molecular flexibility index (Phi) is 4.02. The quantitative estimate of drug-likeness (QED) is 0.860. The molecule has 1 amide bonds. The van der Waals surface area contributed by atoms with Crippen molar-refractivity contribution < 1.29 is 4.79 Å². The summed E-state index contributed by atoms with van der Waals surface area (Å²) >= 11 is 0. The molecule has 3 nitrogen and oxygen atoms in total. The van der Waals surface area contributed by atoms with Crippen LogP contribution in [-0.4, -0.2) is 19.0 Å². The van der Waals surface area contributed by atoms with Crippen LogP contribution in [-0.2, 0) is 11.2 Å². The molecule has 1 fully saturated rings. The fraction of sp³-hybridized carbons (Fsp3) is 0.533. The molecule has 1 heterocycles. The zero-order valence-corrected chi connectivity index (χ0v) is 11.3. The second kappa shape index (κ2) is 5.53. The topological polar surface area (TPSA) is 41.1 Å². The van der Waals surface area contributed by atoms with E-state index >= 15 is 0 Å². The number of hydrogen-bond acceptors (Lipinski definition) is 2. The first-order valence-corrected chi connectivity index (χ1v) is 6.76. The van der Waals surface area contributed by atoms with E-state index in [-0.39, 0.29) is 11.3 Å². The third kappa shape index (κ3) is 2.72. The largest absolute Gasteiger partial charge is 0.325 e.